The molecule has 0 saturated heterocycles. The van der Waals surface area contributed by atoms with E-state index in [1.165, 1.54) is 0 Å². The van der Waals surface area contributed by atoms with Gasteiger partial charge < -0.3 is 10.4 Å². The lowest BCUT2D eigenvalue weighted by molar-refractivity contribution is 0.191. The normalized spacial score (nSPS) is 12.4. The molecule has 0 aliphatic carbocycles. The van der Waals surface area contributed by atoms with Crippen LogP contribution in [0, 0.1) is 0 Å². The minimum atomic E-state index is -0.575. The number of rotatable bonds is 4. The SMILES string of the molecule is Cn1ccc(NCC(O)c2ccc(Cl)cc2)n1. The van der Waals surface area contributed by atoms with E-state index in [-0.39, 0.29) is 0 Å². The summed E-state index contributed by atoms with van der Waals surface area (Å²) in [6, 6.07) is 9.01. The van der Waals surface area contributed by atoms with E-state index >= 15 is 0 Å². The fourth-order valence-corrected chi connectivity index (χ4v) is 1.64. The van der Waals surface area contributed by atoms with Crippen LogP contribution in [0.15, 0.2) is 36.5 Å². The molecule has 1 aromatic carbocycles. The van der Waals surface area contributed by atoms with E-state index in [9.17, 15) is 5.11 Å². The van der Waals surface area contributed by atoms with E-state index in [0.717, 1.165) is 11.4 Å². The number of halogens is 1. The van der Waals surface area contributed by atoms with Gasteiger partial charge in [0.25, 0.3) is 0 Å². The Morgan fingerprint density at radius 2 is 2.06 bits per heavy atom. The predicted molar refractivity (Wildman–Crippen MR) is 68.1 cm³/mol. The van der Waals surface area contributed by atoms with Gasteiger partial charge in [0.1, 0.15) is 5.82 Å². The molecule has 0 amide bonds. The molecule has 2 rings (SSSR count). The Kier molecular flexibility index (Phi) is 3.66. The highest BCUT2D eigenvalue weighted by atomic mass is 35.5. The molecule has 4 nitrogen and oxygen atoms in total. The third-order valence-electron chi connectivity index (χ3n) is 2.44. The van der Waals surface area contributed by atoms with Crippen molar-refractivity contribution < 1.29 is 5.11 Å². The molecule has 90 valence electrons. The highest BCUT2D eigenvalue weighted by Crippen LogP contribution is 2.16. The molecule has 5 heteroatoms. The highest BCUT2D eigenvalue weighted by Gasteiger charge is 2.07. The Bertz CT molecular complexity index is 481. The molecule has 0 radical (unpaired) electrons. The largest absolute Gasteiger partial charge is 0.387 e. The quantitative estimate of drug-likeness (QED) is 0.876. The number of hydrogen-bond acceptors (Lipinski definition) is 3. The summed E-state index contributed by atoms with van der Waals surface area (Å²) in [5.74, 6) is 0.750. The van der Waals surface area contributed by atoms with Crippen molar-refractivity contribution in [3.05, 3.63) is 47.1 Å². The molecule has 0 aliphatic heterocycles. The maximum Gasteiger partial charge on any atom is 0.148 e. The fourth-order valence-electron chi connectivity index (χ4n) is 1.51. The average molecular weight is 252 g/mol. The molecule has 0 fully saturated rings. The number of nitrogens with zero attached hydrogens (tertiary/aromatic N) is 2. The molecule has 1 atom stereocenters. The van der Waals surface area contributed by atoms with Crippen LogP contribution in [0.3, 0.4) is 0 Å². The Balaban J connectivity index is 1.93. The van der Waals surface area contributed by atoms with Crippen molar-refractivity contribution in [2.75, 3.05) is 11.9 Å². The van der Waals surface area contributed by atoms with Gasteiger partial charge in [-0.15, -0.1) is 0 Å². The summed E-state index contributed by atoms with van der Waals surface area (Å²) in [6.07, 6.45) is 1.27. The molecule has 1 unspecified atom stereocenters. The molecule has 1 heterocycles. The summed E-state index contributed by atoms with van der Waals surface area (Å²) in [5.41, 5.74) is 0.831. The summed E-state index contributed by atoms with van der Waals surface area (Å²) in [5, 5.41) is 17.8. The smallest absolute Gasteiger partial charge is 0.148 e. The lowest BCUT2D eigenvalue weighted by atomic mass is 10.1. The molecule has 1 aromatic heterocycles. The third-order valence-corrected chi connectivity index (χ3v) is 2.70. The van der Waals surface area contributed by atoms with E-state index < -0.39 is 6.10 Å². The number of anilines is 1. The van der Waals surface area contributed by atoms with Crippen LogP contribution in [-0.4, -0.2) is 21.4 Å². The van der Waals surface area contributed by atoms with E-state index in [2.05, 4.69) is 10.4 Å². The number of aliphatic hydroxyl groups excluding tert-OH is 1. The number of nitrogens with one attached hydrogen (secondary N) is 1. The van der Waals surface area contributed by atoms with Gasteiger partial charge in [-0.05, 0) is 17.7 Å². The van der Waals surface area contributed by atoms with E-state index in [1.54, 1.807) is 16.8 Å². The summed E-state index contributed by atoms with van der Waals surface area (Å²) in [4.78, 5) is 0. The zero-order valence-corrected chi connectivity index (χ0v) is 10.2. The van der Waals surface area contributed by atoms with Gasteiger partial charge >= 0.3 is 0 Å². The highest BCUT2D eigenvalue weighted by molar-refractivity contribution is 6.30. The maximum atomic E-state index is 9.94. The van der Waals surface area contributed by atoms with Crippen molar-refractivity contribution in [3.63, 3.8) is 0 Å². The Morgan fingerprint density at radius 1 is 1.35 bits per heavy atom. The topological polar surface area (TPSA) is 50.1 Å². The number of hydrogen-bond donors (Lipinski definition) is 2. The molecular weight excluding hydrogens is 238 g/mol. The fraction of sp³-hybridized carbons (Fsp3) is 0.250. The van der Waals surface area contributed by atoms with Gasteiger partial charge in [-0.3, -0.25) is 4.68 Å². The molecule has 0 aliphatic rings. The van der Waals surface area contributed by atoms with E-state index in [4.69, 9.17) is 11.6 Å². The van der Waals surface area contributed by atoms with Crippen LogP contribution in [0.2, 0.25) is 5.02 Å². The van der Waals surface area contributed by atoms with E-state index in [0.29, 0.717) is 11.6 Å². The number of aromatic nitrogens is 2. The first kappa shape index (κ1) is 12.0. The summed E-state index contributed by atoms with van der Waals surface area (Å²) >= 11 is 5.78. The van der Waals surface area contributed by atoms with Crippen LogP contribution < -0.4 is 5.32 Å². The second kappa shape index (κ2) is 5.21. The van der Waals surface area contributed by atoms with Crippen LogP contribution >= 0.6 is 11.6 Å². The summed E-state index contributed by atoms with van der Waals surface area (Å²) in [6.45, 7) is 0.415. The number of aryl methyl sites for hydroxylation is 1. The van der Waals surface area contributed by atoms with E-state index in [1.807, 2.05) is 31.4 Å². The van der Waals surface area contributed by atoms with Crippen molar-refractivity contribution in [2.24, 2.45) is 7.05 Å². The van der Waals surface area contributed by atoms with Crippen molar-refractivity contribution in [1.29, 1.82) is 0 Å². The maximum absolute atomic E-state index is 9.94. The van der Waals surface area contributed by atoms with Gasteiger partial charge in [-0.25, -0.2) is 0 Å². The van der Waals surface area contributed by atoms with Crippen LogP contribution in [0.4, 0.5) is 5.82 Å². The van der Waals surface area contributed by atoms with Crippen molar-refractivity contribution in [1.82, 2.24) is 9.78 Å². The van der Waals surface area contributed by atoms with Crippen LogP contribution in [0.1, 0.15) is 11.7 Å². The van der Waals surface area contributed by atoms with Crippen molar-refractivity contribution in [2.45, 2.75) is 6.10 Å². The van der Waals surface area contributed by atoms with Crippen LogP contribution in [0.5, 0.6) is 0 Å². The Morgan fingerprint density at radius 3 is 2.65 bits per heavy atom. The molecule has 0 saturated carbocycles. The zero-order valence-electron chi connectivity index (χ0n) is 9.47. The first-order valence-corrected chi connectivity index (χ1v) is 5.70. The van der Waals surface area contributed by atoms with Crippen molar-refractivity contribution >= 4 is 17.4 Å². The molecular formula is C12H14ClN3O. The van der Waals surface area contributed by atoms with Gasteiger partial charge in [0, 0.05) is 30.9 Å². The standard InChI is InChI=1S/C12H14ClN3O/c1-16-7-6-12(15-16)14-8-11(17)9-2-4-10(13)5-3-9/h2-7,11,17H,8H2,1H3,(H,14,15). The molecule has 2 N–H and O–H groups in total. The Hall–Kier alpha value is -1.52. The molecule has 0 spiro atoms. The second-order valence-corrected chi connectivity index (χ2v) is 4.26. The average Bonchev–Trinajstić information content (AvgIpc) is 2.73. The summed E-state index contributed by atoms with van der Waals surface area (Å²) < 4.78 is 1.71. The monoisotopic (exact) mass is 251 g/mol. The lowest BCUT2D eigenvalue weighted by Crippen LogP contribution is -2.12. The second-order valence-electron chi connectivity index (χ2n) is 3.82. The van der Waals surface area contributed by atoms with Gasteiger partial charge in [0.2, 0.25) is 0 Å². The first-order valence-electron chi connectivity index (χ1n) is 5.32. The molecule has 0 bridgehead atoms. The number of aliphatic hydroxyl groups is 1. The van der Waals surface area contributed by atoms with Crippen LogP contribution in [-0.2, 0) is 7.05 Å². The van der Waals surface area contributed by atoms with Gasteiger partial charge in [0.05, 0.1) is 6.10 Å². The summed E-state index contributed by atoms with van der Waals surface area (Å²) in [7, 11) is 1.85. The van der Waals surface area contributed by atoms with Crippen LogP contribution in [0.25, 0.3) is 0 Å². The first-order chi connectivity index (χ1) is 8.15. The minimum Gasteiger partial charge on any atom is -0.387 e. The zero-order chi connectivity index (χ0) is 12.3. The minimum absolute atomic E-state index is 0.415. The third kappa shape index (κ3) is 3.22. The molecule has 2 aromatic rings. The predicted octanol–water partition coefficient (Wildman–Crippen LogP) is 2.22. The lowest BCUT2D eigenvalue weighted by Gasteiger charge is -2.11. The van der Waals surface area contributed by atoms with Gasteiger partial charge in [-0.1, -0.05) is 23.7 Å². The van der Waals surface area contributed by atoms with Gasteiger partial charge in [-0.2, -0.15) is 5.10 Å². The van der Waals surface area contributed by atoms with Crippen molar-refractivity contribution in [3.8, 4) is 0 Å². The Labute approximate surface area is 105 Å². The molecule has 17 heavy (non-hydrogen) atoms. The van der Waals surface area contributed by atoms with Gasteiger partial charge in [0.15, 0.2) is 0 Å². The number of benzene rings is 1.